The Morgan fingerprint density at radius 3 is 2.96 bits per heavy atom. The van der Waals surface area contributed by atoms with E-state index in [0.29, 0.717) is 12.0 Å². The van der Waals surface area contributed by atoms with Gasteiger partial charge in [0, 0.05) is 39.1 Å². The molecule has 2 unspecified atom stereocenters. The van der Waals surface area contributed by atoms with Crippen LogP contribution in [0.3, 0.4) is 0 Å². The lowest BCUT2D eigenvalue weighted by Gasteiger charge is -2.39. The number of imidazole rings is 1. The molecule has 1 saturated heterocycles. The van der Waals surface area contributed by atoms with E-state index >= 15 is 0 Å². The van der Waals surface area contributed by atoms with Crippen LogP contribution in [0.2, 0.25) is 0 Å². The van der Waals surface area contributed by atoms with Gasteiger partial charge in [-0.1, -0.05) is 18.6 Å². The van der Waals surface area contributed by atoms with Crippen LogP contribution in [-0.2, 0) is 0 Å². The van der Waals surface area contributed by atoms with Crippen molar-refractivity contribution in [2.75, 3.05) is 26.7 Å². The molecule has 5 nitrogen and oxygen atoms in total. The molecule has 3 rings (SSSR count). The van der Waals surface area contributed by atoms with Gasteiger partial charge >= 0.3 is 0 Å². The second-order valence-electron chi connectivity index (χ2n) is 7.12. The molecule has 0 bridgehead atoms. The van der Waals surface area contributed by atoms with E-state index in [1.807, 2.05) is 19.6 Å². The predicted molar refractivity (Wildman–Crippen MR) is 115 cm³/mol. The van der Waals surface area contributed by atoms with Crippen molar-refractivity contribution in [1.82, 2.24) is 19.8 Å². The molecule has 0 saturated carbocycles. The number of aromatic nitrogens is 2. The smallest absolute Gasteiger partial charge is 0.193 e. The first-order valence-electron chi connectivity index (χ1n) is 9.39. The number of guanidine groups is 1. The van der Waals surface area contributed by atoms with Crippen LogP contribution in [0.1, 0.15) is 51.5 Å². The lowest BCUT2D eigenvalue weighted by molar-refractivity contribution is 0.189. The first-order valence-corrected chi connectivity index (χ1v) is 9.39. The normalized spacial score (nSPS) is 24.5. The minimum Gasteiger partial charge on any atom is -0.356 e. The summed E-state index contributed by atoms with van der Waals surface area (Å²) in [5, 5.41) is 3.58. The highest BCUT2D eigenvalue weighted by Crippen LogP contribution is 2.27. The lowest BCUT2D eigenvalue weighted by atomic mass is 9.93. The molecule has 0 amide bonds. The van der Waals surface area contributed by atoms with Crippen LogP contribution in [0.4, 0.5) is 0 Å². The van der Waals surface area contributed by atoms with Crippen LogP contribution in [0.25, 0.3) is 0 Å². The van der Waals surface area contributed by atoms with Crippen LogP contribution < -0.4 is 5.32 Å². The Kier molecular flexibility index (Phi) is 8.26. The third-order valence-corrected chi connectivity index (χ3v) is 5.45. The maximum atomic E-state index is 4.52. The van der Waals surface area contributed by atoms with Crippen LogP contribution in [0.5, 0.6) is 0 Å². The standard InChI is InChI=1S/C19H31N5.HI/c1-16-9-12-23(14-18(16)24-13-11-21-15-24)19(20-2)22-10-8-17-6-4-3-5-7-17;/h6,11,13,15-16,18H,3-5,7-10,12,14H2,1-2H3,(H,20,22);1H. The van der Waals surface area contributed by atoms with E-state index in [0.717, 1.165) is 32.0 Å². The number of halogens is 1. The maximum Gasteiger partial charge on any atom is 0.193 e. The Bertz CT molecular complexity index is 566. The first kappa shape index (κ1) is 20.3. The molecule has 6 heteroatoms. The van der Waals surface area contributed by atoms with Gasteiger partial charge in [-0.15, -0.1) is 24.0 Å². The Balaban J connectivity index is 0.00000225. The molecule has 1 aromatic rings. The molecule has 1 aromatic heterocycles. The van der Waals surface area contributed by atoms with Crippen LogP contribution in [-0.4, -0.2) is 47.1 Å². The molecule has 1 N–H and O–H groups in total. The molecule has 0 spiro atoms. The summed E-state index contributed by atoms with van der Waals surface area (Å²) in [6.07, 6.45) is 15.9. The molecule has 140 valence electrons. The average molecular weight is 457 g/mol. The summed E-state index contributed by atoms with van der Waals surface area (Å²) in [4.78, 5) is 11.1. The lowest BCUT2D eigenvalue weighted by Crippen LogP contribution is -2.49. The van der Waals surface area contributed by atoms with Gasteiger partial charge < -0.3 is 14.8 Å². The predicted octanol–water partition coefficient (Wildman–Crippen LogP) is 3.85. The number of hydrogen-bond donors (Lipinski definition) is 1. The van der Waals surface area contributed by atoms with Crippen molar-refractivity contribution in [3.8, 4) is 0 Å². The third kappa shape index (κ3) is 5.46. The number of allylic oxidation sites excluding steroid dienone is 1. The topological polar surface area (TPSA) is 45.5 Å². The van der Waals surface area contributed by atoms with Gasteiger partial charge in [0.25, 0.3) is 0 Å². The Labute approximate surface area is 169 Å². The Morgan fingerprint density at radius 1 is 1.40 bits per heavy atom. The van der Waals surface area contributed by atoms with Crippen molar-refractivity contribution in [1.29, 1.82) is 0 Å². The molecule has 0 aromatic carbocycles. The van der Waals surface area contributed by atoms with Crippen LogP contribution in [0.15, 0.2) is 35.4 Å². The number of hydrogen-bond acceptors (Lipinski definition) is 2. The Hall–Kier alpha value is -1.05. The van der Waals surface area contributed by atoms with E-state index < -0.39 is 0 Å². The maximum absolute atomic E-state index is 4.52. The second-order valence-corrected chi connectivity index (χ2v) is 7.12. The molecule has 1 fully saturated rings. The fraction of sp³-hybridized carbons (Fsp3) is 0.684. The number of rotatable bonds is 4. The van der Waals surface area contributed by atoms with Gasteiger partial charge in [-0.25, -0.2) is 4.98 Å². The van der Waals surface area contributed by atoms with E-state index in [1.54, 1.807) is 5.57 Å². The average Bonchev–Trinajstić information content (AvgIpc) is 3.15. The molecule has 2 heterocycles. The van der Waals surface area contributed by atoms with Crippen LogP contribution >= 0.6 is 24.0 Å². The zero-order valence-electron chi connectivity index (χ0n) is 15.5. The van der Waals surface area contributed by atoms with E-state index in [2.05, 4.69) is 44.0 Å². The van der Waals surface area contributed by atoms with Crippen molar-refractivity contribution in [2.45, 2.75) is 51.5 Å². The second kappa shape index (κ2) is 10.2. The monoisotopic (exact) mass is 457 g/mol. The van der Waals surface area contributed by atoms with E-state index in [9.17, 15) is 0 Å². The highest BCUT2D eigenvalue weighted by Gasteiger charge is 2.28. The summed E-state index contributed by atoms with van der Waals surface area (Å²) in [6.45, 7) is 5.41. The summed E-state index contributed by atoms with van der Waals surface area (Å²) in [7, 11) is 1.90. The largest absolute Gasteiger partial charge is 0.356 e. The molecule has 2 atom stereocenters. The van der Waals surface area contributed by atoms with Gasteiger partial charge in [-0.2, -0.15) is 0 Å². The molecule has 0 radical (unpaired) electrons. The molecule has 1 aliphatic carbocycles. The van der Waals surface area contributed by atoms with Crippen molar-refractivity contribution < 1.29 is 0 Å². The van der Waals surface area contributed by atoms with E-state index in [-0.39, 0.29) is 24.0 Å². The van der Waals surface area contributed by atoms with Crippen molar-refractivity contribution >= 4 is 29.9 Å². The zero-order chi connectivity index (χ0) is 16.8. The molecular weight excluding hydrogens is 425 g/mol. The zero-order valence-corrected chi connectivity index (χ0v) is 17.9. The SMILES string of the molecule is CN=C(NCCC1=CCCCC1)N1CCC(C)C(n2ccnc2)C1.I. The van der Waals surface area contributed by atoms with E-state index in [4.69, 9.17) is 0 Å². The highest BCUT2D eigenvalue weighted by molar-refractivity contribution is 14.0. The van der Waals surface area contributed by atoms with Crippen molar-refractivity contribution in [2.24, 2.45) is 10.9 Å². The third-order valence-electron chi connectivity index (χ3n) is 5.45. The molecule has 1 aliphatic heterocycles. The quantitative estimate of drug-likeness (QED) is 0.324. The summed E-state index contributed by atoms with van der Waals surface area (Å²) >= 11 is 0. The first-order chi connectivity index (χ1) is 11.8. The summed E-state index contributed by atoms with van der Waals surface area (Å²) < 4.78 is 2.25. The van der Waals surface area contributed by atoms with Gasteiger partial charge in [-0.3, -0.25) is 4.99 Å². The number of piperidine rings is 1. The number of nitrogens with zero attached hydrogens (tertiary/aromatic N) is 4. The number of aliphatic imine (C=N–C) groups is 1. The fourth-order valence-electron chi connectivity index (χ4n) is 3.89. The van der Waals surface area contributed by atoms with Gasteiger partial charge in [0.15, 0.2) is 5.96 Å². The van der Waals surface area contributed by atoms with E-state index in [1.165, 1.54) is 32.1 Å². The fourth-order valence-corrected chi connectivity index (χ4v) is 3.89. The van der Waals surface area contributed by atoms with Gasteiger partial charge in [0.1, 0.15) is 0 Å². The summed E-state index contributed by atoms with van der Waals surface area (Å²) in [5.74, 6) is 1.71. The van der Waals surface area contributed by atoms with Gasteiger partial charge in [-0.05, 0) is 44.4 Å². The summed E-state index contributed by atoms with van der Waals surface area (Å²) in [6, 6.07) is 0.473. The van der Waals surface area contributed by atoms with Crippen LogP contribution in [0, 0.1) is 5.92 Å². The van der Waals surface area contributed by atoms with Gasteiger partial charge in [0.2, 0.25) is 0 Å². The summed E-state index contributed by atoms with van der Waals surface area (Å²) in [5.41, 5.74) is 1.62. The van der Waals surface area contributed by atoms with Crippen molar-refractivity contribution in [3.63, 3.8) is 0 Å². The minimum absolute atomic E-state index is 0. The number of nitrogens with one attached hydrogen (secondary N) is 1. The Morgan fingerprint density at radius 2 is 2.28 bits per heavy atom. The highest BCUT2D eigenvalue weighted by atomic mass is 127. The molecule has 25 heavy (non-hydrogen) atoms. The van der Waals surface area contributed by atoms with Crippen molar-refractivity contribution in [3.05, 3.63) is 30.4 Å². The molecule has 2 aliphatic rings. The minimum atomic E-state index is 0. The molecular formula is C19H32IN5. The van der Waals surface area contributed by atoms with Gasteiger partial charge in [0.05, 0.1) is 12.4 Å². The number of likely N-dealkylation sites (tertiary alicyclic amines) is 1.